The summed E-state index contributed by atoms with van der Waals surface area (Å²) in [6.45, 7) is 4.98. The highest BCUT2D eigenvalue weighted by molar-refractivity contribution is 7.91. The number of hydrogen-bond donors (Lipinski definition) is 1. The Morgan fingerprint density at radius 1 is 1.04 bits per heavy atom. The molecule has 0 heterocycles. The summed E-state index contributed by atoms with van der Waals surface area (Å²) in [7, 11) is -3.58. The number of carbonyl (C=O) groups is 2. The molecular weight excluding hydrogens is 400 g/mol. The zero-order valence-electron chi connectivity index (χ0n) is 15.8. The maximum atomic E-state index is 12.4. The number of rotatable bonds is 8. The fourth-order valence-corrected chi connectivity index (χ4v) is 4.00. The van der Waals surface area contributed by atoms with E-state index in [1.807, 2.05) is 13.8 Å². The van der Waals surface area contributed by atoms with Gasteiger partial charge in [-0.15, -0.1) is 0 Å². The van der Waals surface area contributed by atoms with E-state index < -0.39 is 15.7 Å². The topological polar surface area (TPSA) is 83.6 Å². The number of anilines is 1. The summed E-state index contributed by atoms with van der Waals surface area (Å²) in [6, 6.07) is 12.4. The zero-order chi connectivity index (χ0) is 20.7. The highest BCUT2D eigenvalue weighted by Crippen LogP contribution is 2.17. The van der Waals surface area contributed by atoms with Crippen LogP contribution in [0.2, 0.25) is 5.02 Å². The molecule has 0 atom stereocenters. The van der Waals surface area contributed by atoms with Gasteiger partial charge in [0.1, 0.15) is 0 Å². The molecule has 150 valence electrons. The first kappa shape index (κ1) is 21.9. The van der Waals surface area contributed by atoms with Crippen molar-refractivity contribution in [3.05, 3.63) is 59.1 Å². The van der Waals surface area contributed by atoms with E-state index in [9.17, 15) is 18.0 Å². The molecule has 2 rings (SSSR count). The molecule has 0 aliphatic rings. The van der Waals surface area contributed by atoms with Crippen LogP contribution in [-0.2, 0) is 14.6 Å². The van der Waals surface area contributed by atoms with E-state index in [4.69, 9.17) is 11.6 Å². The number of hydrogen-bond acceptors (Lipinski definition) is 4. The SMILES string of the molecule is CCN(CC)C(=O)c1cccc(NC(=O)CCS(=O)(=O)c2ccc(Cl)cc2)c1. The monoisotopic (exact) mass is 422 g/mol. The lowest BCUT2D eigenvalue weighted by Gasteiger charge is -2.19. The molecule has 8 heteroatoms. The van der Waals surface area contributed by atoms with Crippen LogP contribution in [0.1, 0.15) is 30.6 Å². The van der Waals surface area contributed by atoms with Crippen molar-refractivity contribution < 1.29 is 18.0 Å². The normalized spacial score (nSPS) is 11.1. The third kappa shape index (κ3) is 5.81. The third-order valence-corrected chi connectivity index (χ3v) is 6.20. The fourth-order valence-electron chi connectivity index (χ4n) is 2.63. The van der Waals surface area contributed by atoms with Gasteiger partial charge in [-0.25, -0.2) is 8.42 Å². The van der Waals surface area contributed by atoms with Crippen LogP contribution in [0.5, 0.6) is 0 Å². The summed E-state index contributed by atoms with van der Waals surface area (Å²) < 4.78 is 24.6. The Morgan fingerprint density at radius 3 is 2.29 bits per heavy atom. The van der Waals surface area contributed by atoms with E-state index in [0.29, 0.717) is 29.4 Å². The summed E-state index contributed by atoms with van der Waals surface area (Å²) in [5, 5.41) is 3.09. The molecule has 0 aromatic heterocycles. The highest BCUT2D eigenvalue weighted by Gasteiger charge is 2.17. The summed E-state index contributed by atoms with van der Waals surface area (Å²) in [5.41, 5.74) is 0.919. The van der Waals surface area contributed by atoms with Crippen molar-refractivity contribution in [2.75, 3.05) is 24.2 Å². The largest absolute Gasteiger partial charge is 0.339 e. The molecular formula is C20H23ClN2O4S. The predicted octanol–water partition coefficient (Wildman–Crippen LogP) is 3.62. The third-order valence-electron chi connectivity index (χ3n) is 4.21. The second-order valence-electron chi connectivity index (χ2n) is 6.13. The summed E-state index contributed by atoms with van der Waals surface area (Å²) in [6.07, 6.45) is -0.195. The standard InChI is InChI=1S/C20H23ClN2O4S/c1-3-23(4-2)20(25)15-6-5-7-17(14-15)22-19(24)12-13-28(26,27)18-10-8-16(21)9-11-18/h5-11,14H,3-4,12-13H2,1-2H3,(H,22,24). The van der Waals surface area contributed by atoms with Gasteiger partial charge in [-0.05, 0) is 56.3 Å². The quantitative estimate of drug-likeness (QED) is 0.704. The first-order chi connectivity index (χ1) is 13.3. The average Bonchev–Trinajstić information content (AvgIpc) is 2.68. The molecule has 2 aromatic rings. The number of nitrogens with one attached hydrogen (secondary N) is 1. The van der Waals surface area contributed by atoms with Gasteiger partial charge in [0.05, 0.1) is 10.6 Å². The van der Waals surface area contributed by atoms with E-state index in [0.717, 1.165) is 0 Å². The molecule has 28 heavy (non-hydrogen) atoms. The molecule has 0 unspecified atom stereocenters. The number of sulfone groups is 1. The number of halogens is 1. The lowest BCUT2D eigenvalue weighted by molar-refractivity contribution is -0.115. The van der Waals surface area contributed by atoms with Crippen LogP contribution >= 0.6 is 11.6 Å². The highest BCUT2D eigenvalue weighted by atomic mass is 35.5. The van der Waals surface area contributed by atoms with Crippen molar-refractivity contribution in [3.63, 3.8) is 0 Å². The van der Waals surface area contributed by atoms with E-state index in [2.05, 4.69) is 5.32 Å². The van der Waals surface area contributed by atoms with Gasteiger partial charge in [-0.1, -0.05) is 17.7 Å². The molecule has 0 spiro atoms. The van der Waals surface area contributed by atoms with E-state index in [1.165, 1.54) is 24.3 Å². The van der Waals surface area contributed by atoms with Crippen LogP contribution in [0.4, 0.5) is 5.69 Å². The Labute approximate surface area is 170 Å². The molecule has 0 saturated heterocycles. The van der Waals surface area contributed by atoms with E-state index in [-0.39, 0.29) is 23.0 Å². The molecule has 0 bridgehead atoms. The molecule has 0 radical (unpaired) electrons. The first-order valence-electron chi connectivity index (χ1n) is 8.94. The van der Waals surface area contributed by atoms with Crippen LogP contribution in [0, 0.1) is 0 Å². The Kier molecular flexibility index (Phi) is 7.60. The molecule has 2 aromatic carbocycles. The average molecular weight is 423 g/mol. The fraction of sp³-hybridized carbons (Fsp3) is 0.300. The van der Waals surface area contributed by atoms with Gasteiger partial charge >= 0.3 is 0 Å². The van der Waals surface area contributed by atoms with Crippen LogP contribution in [0.15, 0.2) is 53.4 Å². The van der Waals surface area contributed by atoms with Crippen LogP contribution in [0.25, 0.3) is 0 Å². The van der Waals surface area contributed by atoms with Gasteiger partial charge in [-0.2, -0.15) is 0 Å². The summed E-state index contributed by atoms with van der Waals surface area (Å²) >= 11 is 5.77. The number of amides is 2. The molecule has 1 N–H and O–H groups in total. The van der Waals surface area contributed by atoms with Crippen molar-refractivity contribution >= 4 is 38.9 Å². The Bertz CT molecular complexity index is 939. The minimum Gasteiger partial charge on any atom is -0.339 e. The molecule has 2 amide bonds. The maximum absolute atomic E-state index is 12.4. The predicted molar refractivity (Wildman–Crippen MR) is 110 cm³/mol. The van der Waals surface area contributed by atoms with Gasteiger partial charge in [0.15, 0.2) is 9.84 Å². The Balaban J connectivity index is 2.00. The van der Waals surface area contributed by atoms with Crippen LogP contribution in [0.3, 0.4) is 0 Å². The van der Waals surface area contributed by atoms with Crippen molar-refractivity contribution in [3.8, 4) is 0 Å². The van der Waals surface area contributed by atoms with Crippen molar-refractivity contribution in [2.45, 2.75) is 25.2 Å². The number of carbonyl (C=O) groups excluding carboxylic acids is 2. The second-order valence-corrected chi connectivity index (χ2v) is 8.67. The van der Waals surface area contributed by atoms with Crippen molar-refractivity contribution in [1.29, 1.82) is 0 Å². The Hall–Kier alpha value is -2.38. The Morgan fingerprint density at radius 2 is 1.68 bits per heavy atom. The van der Waals surface area contributed by atoms with Gasteiger partial charge < -0.3 is 10.2 Å². The second kappa shape index (κ2) is 9.71. The van der Waals surface area contributed by atoms with Crippen molar-refractivity contribution in [2.24, 2.45) is 0 Å². The van der Waals surface area contributed by atoms with Gasteiger partial charge in [0.25, 0.3) is 5.91 Å². The number of nitrogens with zero attached hydrogens (tertiary/aromatic N) is 1. The lowest BCUT2D eigenvalue weighted by atomic mass is 10.1. The van der Waals surface area contributed by atoms with Gasteiger partial charge in [0.2, 0.25) is 5.91 Å². The van der Waals surface area contributed by atoms with E-state index in [1.54, 1.807) is 29.2 Å². The molecule has 6 nitrogen and oxygen atoms in total. The van der Waals surface area contributed by atoms with Gasteiger partial charge in [-0.3, -0.25) is 9.59 Å². The first-order valence-corrected chi connectivity index (χ1v) is 11.0. The van der Waals surface area contributed by atoms with Gasteiger partial charge in [0, 0.05) is 35.8 Å². The lowest BCUT2D eigenvalue weighted by Crippen LogP contribution is -2.30. The smallest absolute Gasteiger partial charge is 0.253 e. The molecule has 0 aliphatic carbocycles. The number of benzene rings is 2. The molecule has 0 fully saturated rings. The molecule has 0 aliphatic heterocycles. The zero-order valence-corrected chi connectivity index (χ0v) is 17.4. The summed E-state index contributed by atoms with van der Waals surface area (Å²) in [4.78, 5) is 26.4. The molecule has 0 saturated carbocycles. The maximum Gasteiger partial charge on any atom is 0.253 e. The van der Waals surface area contributed by atoms with Crippen LogP contribution < -0.4 is 5.32 Å². The minimum absolute atomic E-state index is 0.119. The minimum atomic E-state index is -3.58. The van der Waals surface area contributed by atoms with Crippen molar-refractivity contribution in [1.82, 2.24) is 4.90 Å². The van der Waals surface area contributed by atoms with Crippen LogP contribution in [-0.4, -0.2) is 44.0 Å². The van der Waals surface area contributed by atoms with E-state index >= 15 is 0 Å². The summed E-state index contributed by atoms with van der Waals surface area (Å²) in [5.74, 6) is -0.880.